The van der Waals surface area contributed by atoms with Crippen LogP contribution in [0.1, 0.15) is 24.2 Å². The molecule has 0 saturated carbocycles. The van der Waals surface area contributed by atoms with Crippen molar-refractivity contribution in [1.82, 2.24) is 10.6 Å². The molecule has 1 aromatic carbocycles. The first kappa shape index (κ1) is 16.6. The molecule has 0 aliphatic carbocycles. The van der Waals surface area contributed by atoms with Crippen molar-refractivity contribution in [3.05, 3.63) is 35.6 Å². The van der Waals surface area contributed by atoms with Crippen LogP contribution in [0.4, 0.5) is 4.39 Å². The first-order chi connectivity index (χ1) is 9.81. The number of carbonyl (C=O) groups is 3. The number of hydrogen-bond donors (Lipinski definition) is 3. The molecular formula is C14H18FN3O3. The molecule has 0 aliphatic rings. The normalized spacial score (nSPS) is 11.8. The van der Waals surface area contributed by atoms with Crippen LogP contribution in [0.25, 0.3) is 0 Å². The van der Waals surface area contributed by atoms with E-state index in [2.05, 4.69) is 10.6 Å². The quantitative estimate of drug-likeness (QED) is 0.698. The minimum absolute atomic E-state index is 0.192. The summed E-state index contributed by atoms with van der Waals surface area (Å²) >= 11 is 0. The van der Waals surface area contributed by atoms with Gasteiger partial charge >= 0.3 is 0 Å². The van der Waals surface area contributed by atoms with Crippen molar-refractivity contribution in [3.63, 3.8) is 0 Å². The number of halogens is 1. The van der Waals surface area contributed by atoms with Crippen LogP contribution in [0, 0.1) is 11.7 Å². The van der Waals surface area contributed by atoms with E-state index in [0.717, 1.165) is 12.1 Å². The summed E-state index contributed by atoms with van der Waals surface area (Å²) in [6, 6.07) is 4.15. The molecule has 4 N–H and O–H groups in total. The third-order valence-electron chi connectivity index (χ3n) is 2.78. The summed E-state index contributed by atoms with van der Waals surface area (Å²) in [5.41, 5.74) is 5.19. The molecule has 7 heteroatoms. The molecule has 1 aromatic rings. The molecule has 1 atom stereocenters. The lowest BCUT2D eigenvalue weighted by atomic mass is 10.0. The monoisotopic (exact) mass is 295 g/mol. The Balaban J connectivity index is 2.73. The minimum Gasteiger partial charge on any atom is -0.368 e. The summed E-state index contributed by atoms with van der Waals surface area (Å²) in [5.74, 6) is -2.31. The summed E-state index contributed by atoms with van der Waals surface area (Å²) in [6.45, 7) is 3.20. The number of nitrogens with two attached hydrogens (primary N) is 1. The maximum atomic E-state index is 12.8. The zero-order valence-electron chi connectivity index (χ0n) is 11.9. The first-order valence-electron chi connectivity index (χ1n) is 6.43. The van der Waals surface area contributed by atoms with E-state index in [1.807, 2.05) is 0 Å². The van der Waals surface area contributed by atoms with Crippen LogP contribution in [0.5, 0.6) is 0 Å². The molecule has 0 aliphatic heterocycles. The van der Waals surface area contributed by atoms with Crippen molar-refractivity contribution < 1.29 is 18.8 Å². The van der Waals surface area contributed by atoms with E-state index < -0.39 is 29.6 Å². The van der Waals surface area contributed by atoms with E-state index in [4.69, 9.17) is 5.73 Å². The van der Waals surface area contributed by atoms with Crippen LogP contribution in [-0.4, -0.2) is 30.3 Å². The largest absolute Gasteiger partial charge is 0.368 e. The average molecular weight is 295 g/mol. The molecule has 0 aromatic heterocycles. The molecule has 21 heavy (non-hydrogen) atoms. The van der Waals surface area contributed by atoms with Gasteiger partial charge in [0.05, 0.1) is 6.54 Å². The fourth-order valence-corrected chi connectivity index (χ4v) is 1.64. The van der Waals surface area contributed by atoms with Gasteiger partial charge < -0.3 is 16.4 Å². The number of hydrogen-bond acceptors (Lipinski definition) is 3. The first-order valence-corrected chi connectivity index (χ1v) is 6.43. The Morgan fingerprint density at radius 3 is 2.24 bits per heavy atom. The van der Waals surface area contributed by atoms with Crippen molar-refractivity contribution in [2.45, 2.75) is 19.9 Å². The number of amides is 3. The van der Waals surface area contributed by atoms with Crippen LogP contribution < -0.4 is 16.4 Å². The molecule has 3 amide bonds. The lowest BCUT2D eigenvalue weighted by molar-refractivity contribution is -0.126. The van der Waals surface area contributed by atoms with Crippen LogP contribution in [-0.2, 0) is 9.59 Å². The van der Waals surface area contributed by atoms with Crippen molar-refractivity contribution in [1.29, 1.82) is 0 Å². The van der Waals surface area contributed by atoms with Gasteiger partial charge in [-0.25, -0.2) is 4.39 Å². The molecule has 0 spiro atoms. The predicted octanol–water partition coefficient (Wildman–Crippen LogP) is 0.182. The molecule has 0 saturated heterocycles. The minimum atomic E-state index is -0.818. The average Bonchev–Trinajstić information content (AvgIpc) is 2.42. The van der Waals surface area contributed by atoms with Gasteiger partial charge in [0.2, 0.25) is 11.8 Å². The maximum Gasteiger partial charge on any atom is 0.251 e. The third-order valence-corrected chi connectivity index (χ3v) is 2.78. The van der Waals surface area contributed by atoms with E-state index in [0.29, 0.717) is 0 Å². The van der Waals surface area contributed by atoms with E-state index in [1.54, 1.807) is 13.8 Å². The van der Waals surface area contributed by atoms with Crippen LogP contribution in [0.2, 0.25) is 0 Å². The molecule has 0 heterocycles. The molecule has 0 radical (unpaired) electrons. The summed E-state index contributed by atoms with van der Waals surface area (Å²) in [7, 11) is 0. The van der Waals surface area contributed by atoms with E-state index >= 15 is 0 Å². The van der Waals surface area contributed by atoms with Gasteiger partial charge in [0.15, 0.2) is 0 Å². The smallest absolute Gasteiger partial charge is 0.251 e. The Morgan fingerprint density at radius 1 is 1.19 bits per heavy atom. The predicted molar refractivity (Wildman–Crippen MR) is 74.7 cm³/mol. The Morgan fingerprint density at radius 2 is 1.76 bits per heavy atom. The highest BCUT2D eigenvalue weighted by Gasteiger charge is 2.24. The van der Waals surface area contributed by atoms with Crippen molar-refractivity contribution >= 4 is 17.7 Å². The van der Waals surface area contributed by atoms with Crippen LogP contribution in [0.3, 0.4) is 0 Å². The number of carbonyl (C=O) groups excluding carboxylic acids is 3. The Hall–Kier alpha value is -2.44. The second-order valence-corrected chi connectivity index (χ2v) is 4.89. The summed E-state index contributed by atoms with van der Waals surface area (Å²) in [6.07, 6.45) is 0. The number of primary amides is 1. The fraction of sp³-hybridized carbons (Fsp3) is 0.357. The molecule has 114 valence electrons. The van der Waals surface area contributed by atoms with Gasteiger partial charge in [-0.2, -0.15) is 0 Å². The SMILES string of the molecule is CC(C)[C@H](NC(=O)c1ccc(F)cc1)C(=O)NCC(N)=O. The standard InChI is InChI=1S/C14H18FN3O3/c1-8(2)12(14(21)17-7-11(16)19)18-13(20)9-3-5-10(15)6-4-9/h3-6,8,12H,7H2,1-2H3,(H2,16,19)(H,17,21)(H,18,20)/t12-/m0/s1. The third kappa shape index (κ3) is 5.21. The zero-order chi connectivity index (χ0) is 16.0. The van der Waals surface area contributed by atoms with E-state index in [9.17, 15) is 18.8 Å². The van der Waals surface area contributed by atoms with Crippen molar-refractivity contribution in [3.8, 4) is 0 Å². The molecular weight excluding hydrogens is 277 g/mol. The topological polar surface area (TPSA) is 101 Å². The molecule has 1 rings (SSSR count). The summed E-state index contributed by atoms with van der Waals surface area (Å²) in [4.78, 5) is 34.6. The second kappa shape index (κ2) is 7.37. The zero-order valence-corrected chi connectivity index (χ0v) is 11.9. The Labute approximate surface area is 121 Å². The fourth-order valence-electron chi connectivity index (χ4n) is 1.64. The molecule has 0 unspecified atom stereocenters. The van der Waals surface area contributed by atoms with Crippen LogP contribution >= 0.6 is 0 Å². The summed E-state index contributed by atoms with van der Waals surface area (Å²) < 4.78 is 12.8. The van der Waals surface area contributed by atoms with Gasteiger partial charge in [-0.05, 0) is 30.2 Å². The highest BCUT2D eigenvalue weighted by molar-refractivity contribution is 5.98. The van der Waals surface area contributed by atoms with Crippen LogP contribution in [0.15, 0.2) is 24.3 Å². The molecule has 0 fully saturated rings. The van der Waals surface area contributed by atoms with Gasteiger partial charge in [-0.3, -0.25) is 14.4 Å². The van der Waals surface area contributed by atoms with Gasteiger partial charge in [-0.15, -0.1) is 0 Å². The lowest BCUT2D eigenvalue weighted by Gasteiger charge is -2.21. The Bertz CT molecular complexity index is 529. The van der Waals surface area contributed by atoms with Crippen molar-refractivity contribution in [2.24, 2.45) is 11.7 Å². The number of rotatable bonds is 6. The molecule has 6 nitrogen and oxygen atoms in total. The van der Waals surface area contributed by atoms with E-state index in [-0.39, 0.29) is 18.0 Å². The second-order valence-electron chi connectivity index (χ2n) is 4.89. The van der Waals surface area contributed by atoms with Gasteiger partial charge in [0.1, 0.15) is 11.9 Å². The Kier molecular flexibility index (Phi) is 5.83. The highest BCUT2D eigenvalue weighted by atomic mass is 19.1. The van der Waals surface area contributed by atoms with Gasteiger partial charge in [0, 0.05) is 5.56 Å². The highest BCUT2D eigenvalue weighted by Crippen LogP contribution is 2.06. The lowest BCUT2D eigenvalue weighted by Crippen LogP contribution is -2.51. The maximum absolute atomic E-state index is 12.8. The number of nitrogens with one attached hydrogen (secondary N) is 2. The van der Waals surface area contributed by atoms with E-state index in [1.165, 1.54) is 12.1 Å². The van der Waals surface area contributed by atoms with Gasteiger partial charge in [0.25, 0.3) is 5.91 Å². The summed E-state index contributed by atoms with van der Waals surface area (Å²) in [5, 5.41) is 4.89. The number of benzene rings is 1. The van der Waals surface area contributed by atoms with Crippen molar-refractivity contribution in [2.75, 3.05) is 6.54 Å². The van der Waals surface area contributed by atoms with Gasteiger partial charge in [-0.1, -0.05) is 13.8 Å². The molecule has 0 bridgehead atoms.